The van der Waals surface area contributed by atoms with Crippen LogP contribution in [-0.4, -0.2) is 17.8 Å². The molecule has 1 atom stereocenters. The maximum atomic E-state index is 9.81. The molecule has 2 aliphatic rings. The van der Waals surface area contributed by atoms with Crippen LogP contribution in [0.2, 0.25) is 0 Å². The zero-order chi connectivity index (χ0) is 10.5. The van der Waals surface area contributed by atoms with Crippen molar-refractivity contribution < 1.29 is 9.84 Å². The maximum absolute atomic E-state index is 9.81. The molecule has 1 unspecified atom stereocenters. The number of hydrogen-bond donors (Lipinski definition) is 1. The molecule has 80 valence electrons. The van der Waals surface area contributed by atoms with E-state index in [1.165, 1.54) is 11.1 Å². The SMILES string of the molecule is CC(O)C1(c2ccc3c(c2)CCO3)CC1. The van der Waals surface area contributed by atoms with E-state index < -0.39 is 0 Å². The van der Waals surface area contributed by atoms with E-state index in [0.29, 0.717) is 0 Å². The number of fused-ring (bicyclic) bond motifs is 1. The molecule has 15 heavy (non-hydrogen) atoms. The highest BCUT2D eigenvalue weighted by molar-refractivity contribution is 5.44. The minimum absolute atomic E-state index is 0.0532. The fourth-order valence-corrected chi connectivity index (χ4v) is 2.58. The second-order valence-corrected chi connectivity index (χ2v) is 4.75. The normalized spacial score (nSPS) is 23.1. The molecule has 1 fully saturated rings. The lowest BCUT2D eigenvalue weighted by Gasteiger charge is -2.19. The average Bonchev–Trinajstić information content (AvgIpc) is 2.91. The first-order valence-electron chi connectivity index (χ1n) is 5.67. The first kappa shape index (κ1) is 9.22. The Labute approximate surface area is 89.9 Å². The van der Waals surface area contributed by atoms with Crippen molar-refractivity contribution in [3.05, 3.63) is 29.3 Å². The van der Waals surface area contributed by atoms with Crippen molar-refractivity contribution in [3.63, 3.8) is 0 Å². The molecular weight excluding hydrogens is 188 g/mol. The van der Waals surface area contributed by atoms with Crippen LogP contribution in [0.1, 0.15) is 30.9 Å². The lowest BCUT2D eigenvalue weighted by Crippen LogP contribution is -2.22. The van der Waals surface area contributed by atoms with E-state index in [4.69, 9.17) is 4.74 Å². The van der Waals surface area contributed by atoms with Crippen LogP contribution in [0.5, 0.6) is 5.75 Å². The Morgan fingerprint density at radius 2 is 2.20 bits per heavy atom. The Morgan fingerprint density at radius 3 is 2.87 bits per heavy atom. The van der Waals surface area contributed by atoms with Crippen molar-refractivity contribution in [1.29, 1.82) is 0 Å². The molecule has 1 saturated carbocycles. The largest absolute Gasteiger partial charge is 0.493 e. The Morgan fingerprint density at radius 1 is 1.40 bits per heavy atom. The van der Waals surface area contributed by atoms with E-state index in [0.717, 1.165) is 31.6 Å². The van der Waals surface area contributed by atoms with E-state index in [-0.39, 0.29) is 11.5 Å². The van der Waals surface area contributed by atoms with Gasteiger partial charge in [0.1, 0.15) is 5.75 Å². The van der Waals surface area contributed by atoms with Gasteiger partial charge in [0, 0.05) is 11.8 Å². The van der Waals surface area contributed by atoms with Crippen LogP contribution in [0.25, 0.3) is 0 Å². The number of hydrogen-bond acceptors (Lipinski definition) is 2. The Kier molecular flexibility index (Phi) is 1.84. The molecule has 1 aromatic rings. The summed E-state index contributed by atoms with van der Waals surface area (Å²) in [6, 6.07) is 6.39. The molecule has 0 aromatic heterocycles. The molecule has 2 heteroatoms. The van der Waals surface area contributed by atoms with Crippen molar-refractivity contribution in [2.45, 2.75) is 37.7 Å². The summed E-state index contributed by atoms with van der Waals surface area (Å²) >= 11 is 0. The number of aliphatic hydroxyl groups is 1. The predicted octanol–water partition coefficient (Wildman–Crippen LogP) is 2.03. The number of ether oxygens (including phenoxy) is 1. The molecular formula is C13H16O2. The summed E-state index contributed by atoms with van der Waals surface area (Å²) < 4.78 is 5.48. The summed E-state index contributed by atoms with van der Waals surface area (Å²) in [5.74, 6) is 1.03. The van der Waals surface area contributed by atoms with Crippen molar-refractivity contribution in [3.8, 4) is 5.75 Å². The van der Waals surface area contributed by atoms with Crippen LogP contribution in [-0.2, 0) is 11.8 Å². The third-order valence-electron chi connectivity index (χ3n) is 3.85. The highest BCUT2D eigenvalue weighted by Gasteiger charge is 2.48. The van der Waals surface area contributed by atoms with E-state index in [9.17, 15) is 5.11 Å². The van der Waals surface area contributed by atoms with Crippen LogP contribution in [0.4, 0.5) is 0 Å². The third kappa shape index (κ3) is 1.28. The van der Waals surface area contributed by atoms with Gasteiger partial charge in [0.05, 0.1) is 12.7 Å². The van der Waals surface area contributed by atoms with Gasteiger partial charge in [-0.25, -0.2) is 0 Å². The predicted molar refractivity (Wildman–Crippen MR) is 58.2 cm³/mol. The van der Waals surface area contributed by atoms with E-state index >= 15 is 0 Å². The van der Waals surface area contributed by atoms with Gasteiger partial charge in [0.2, 0.25) is 0 Å². The fraction of sp³-hybridized carbons (Fsp3) is 0.538. The van der Waals surface area contributed by atoms with Gasteiger partial charge in [0.25, 0.3) is 0 Å². The fourth-order valence-electron chi connectivity index (χ4n) is 2.58. The van der Waals surface area contributed by atoms with Gasteiger partial charge in [-0.3, -0.25) is 0 Å². The zero-order valence-electron chi connectivity index (χ0n) is 8.99. The summed E-state index contributed by atoms with van der Waals surface area (Å²) in [7, 11) is 0. The molecule has 3 rings (SSSR count). The van der Waals surface area contributed by atoms with Gasteiger partial charge in [-0.2, -0.15) is 0 Å². The van der Waals surface area contributed by atoms with Gasteiger partial charge < -0.3 is 9.84 Å². The summed E-state index contributed by atoms with van der Waals surface area (Å²) in [5, 5.41) is 9.81. The highest BCUT2D eigenvalue weighted by Crippen LogP contribution is 2.51. The topological polar surface area (TPSA) is 29.5 Å². The van der Waals surface area contributed by atoms with E-state index in [1.807, 2.05) is 6.92 Å². The second kappa shape index (κ2) is 2.99. The quantitative estimate of drug-likeness (QED) is 0.798. The van der Waals surface area contributed by atoms with Gasteiger partial charge in [-0.05, 0) is 37.0 Å². The van der Waals surface area contributed by atoms with E-state index in [2.05, 4.69) is 18.2 Å². The molecule has 1 aliphatic heterocycles. The van der Waals surface area contributed by atoms with Gasteiger partial charge in [-0.15, -0.1) is 0 Å². The minimum atomic E-state index is -0.238. The second-order valence-electron chi connectivity index (χ2n) is 4.75. The van der Waals surface area contributed by atoms with Gasteiger partial charge >= 0.3 is 0 Å². The molecule has 1 aliphatic carbocycles. The van der Waals surface area contributed by atoms with Crippen LogP contribution >= 0.6 is 0 Å². The summed E-state index contributed by atoms with van der Waals surface area (Å²) in [6.45, 7) is 2.71. The lowest BCUT2D eigenvalue weighted by molar-refractivity contribution is 0.150. The smallest absolute Gasteiger partial charge is 0.122 e. The Hall–Kier alpha value is -1.02. The lowest BCUT2D eigenvalue weighted by atomic mass is 9.89. The molecule has 0 radical (unpaired) electrons. The summed E-state index contributed by atoms with van der Waals surface area (Å²) in [4.78, 5) is 0. The molecule has 2 nitrogen and oxygen atoms in total. The van der Waals surface area contributed by atoms with Crippen LogP contribution < -0.4 is 4.74 Å². The van der Waals surface area contributed by atoms with Crippen LogP contribution in [0.3, 0.4) is 0 Å². The number of benzene rings is 1. The Bertz CT molecular complexity index is 392. The third-order valence-corrected chi connectivity index (χ3v) is 3.85. The number of rotatable bonds is 2. The van der Waals surface area contributed by atoms with Gasteiger partial charge in [0.15, 0.2) is 0 Å². The Balaban J connectivity index is 2.00. The molecule has 0 saturated heterocycles. The molecule has 0 spiro atoms. The number of aliphatic hydroxyl groups excluding tert-OH is 1. The average molecular weight is 204 g/mol. The van der Waals surface area contributed by atoms with Crippen molar-refractivity contribution >= 4 is 0 Å². The first-order chi connectivity index (χ1) is 7.22. The molecule has 0 amide bonds. The molecule has 0 bridgehead atoms. The van der Waals surface area contributed by atoms with Crippen molar-refractivity contribution in [2.75, 3.05) is 6.61 Å². The minimum Gasteiger partial charge on any atom is -0.493 e. The standard InChI is InChI=1S/C13H16O2/c1-9(14)13(5-6-13)11-2-3-12-10(8-11)4-7-15-12/h2-3,8-9,14H,4-7H2,1H3. The molecule has 1 N–H and O–H groups in total. The zero-order valence-corrected chi connectivity index (χ0v) is 8.99. The first-order valence-corrected chi connectivity index (χ1v) is 5.67. The van der Waals surface area contributed by atoms with E-state index in [1.54, 1.807) is 0 Å². The highest BCUT2D eigenvalue weighted by atomic mass is 16.5. The van der Waals surface area contributed by atoms with Crippen molar-refractivity contribution in [2.24, 2.45) is 0 Å². The van der Waals surface area contributed by atoms with Crippen molar-refractivity contribution in [1.82, 2.24) is 0 Å². The van der Waals surface area contributed by atoms with Crippen LogP contribution in [0.15, 0.2) is 18.2 Å². The maximum Gasteiger partial charge on any atom is 0.122 e. The summed E-state index contributed by atoms with van der Waals surface area (Å²) in [6.07, 6.45) is 3.01. The monoisotopic (exact) mass is 204 g/mol. The van der Waals surface area contributed by atoms with Gasteiger partial charge in [-0.1, -0.05) is 12.1 Å². The van der Waals surface area contributed by atoms with Crippen LogP contribution in [0, 0.1) is 0 Å². The molecule has 1 aromatic carbocycles. The summed E-state index contributed by atoms with van der Waals surface area (Å²) in [5.41, 5.74) is 2.65. The molecule has 1 heterocycles.